The molecule has 2 heterocycles. The van der Waals surface area contributed by atoms with Crippen LogP contribution in [0.2, 0.25) is 0 Å². The number of rotatable bonds is 8. The Morgan fingerprint density at radius 2 is 1.77 bits per heavy atom. The van der Waals surface area contributed by atoms with E-state index in [1.165, 1.54) is 27.3 Å². The molecule has 1 amide bonds. The molecule has 4 rings (SSSR count). The van der Waals surface area contributed by atoms with Crippen molar-refractivity contribution in [2.24, 2.45) is 0 Å². The van der Waals surface area contributed by atoms with E-state index in [1.807, 2.05) is 0 Å². The van der Waals surface area contributed by atoms with Crippen molar-refractivity contribution in [1.82, 2.24) is 10.3 Å². The molecule has 0 bridgehead atoms. The third-order valence-electron chi connectivity index (χ3n) is 6.30. The fourth-order valence-electron chi connectivity index (χ4n) is 4.33. The van der Waals surface area contributed by atoms with Crippen LogP contribution in [0.3, 0.4) is 0 Å². The Kier molecular flexibility index (Phi) is 8.80. The molecule has 1 saturated heterocycles. The number of carbonyl (C=O) groups is 3. The molecule has 1 aliphatic heterocycles. The Labute approximate surface area is 228 Å². The monoisotopic (exact) mass is 555 g/mol. The van der Waals surface area contributed by atoms with Crippen LogP contribution in [-0.2, 0) is 19.0 Å². The molecule has 40 heavy (non-hydrogen) atoms. The van der Waals surface area contributed by atoms with Crippen LogP contribution in [-0.4, -0.2) is 89.6 Å². The predicted molar refractivity (Wildman–Crippen MR) is 140 cm³/mol. The Morgan fingerprint density at radius 3 is 2.45 bits per heavy atom. The topological polar surface area (TPSA) is 186 Å². The van der Waals surface area contributed by atoms with Crippen LogP contribution in [0, 0.1) is 0 Å². The quantitative estimate of drug-likeness (QED) is 0.247. The number of pyridine rings is 1. The third kappa shape index (κ3) is 5.97. The zero-order valence-electron chi connectivity index (χ0n) is 21.9. The maximum Gasteiger partial charge on any atom is 0.341 e. The summed E-state index contributed by atoms with van der Waals surface area (Å²) in [5, 5.41) is 36.5. The summed E-state index contributed by atoms with van der Waals surface area (Å²) in [6.07, 6.45) is -3.99. The fourth-order valence-corrected chi connectivity index (χ4v) is 4.33. The third-order valence-corrected chi connectivity index (χ3v) is 6.30. The first kappa shape index (κ1) is 28.7. The number of hydrogen-bond acceptors (Lipinski definition) is 12. The van der Waals surface area contributed by atoms with Gasteiger partial charge in [-0.2, -0.15) is 0 Å². The summed E-state index contributed by atoms with van der Waals surface area (Å²) < 4.78 is 21.3. The van der Waals surface area contributed by atoms with Crippen molar-refractivity contribution >= 4 is 40.1 Å². The minimum atomic E-state index is -1.48. The Balaban J connectivity index is 1.69. The number of hydrogen-bond donors (Lipinski definition) is 5. The number of amides is 1. The van der Waals surface area contributed by atoms with E-state index in [1.54, 1.807) is 42.5 Å². The number of aromatic nitrogens is 1. The van der Waals surface area contributed by atoms with E-state index in [0.29, 0.717) is 22.3 Å². The van der Waals surface area contributed by atoms with Gasteiger partial charge >= 0.3 is 11.9 Å². The smallest absolute Gasteiger partial charge is 0.341 e. The van der Waals surface area contributed by atoms with Crippen molar-refractivity contribution in [3.8, 4) is 5.75 Å². The summed E-state index contributed by atoms with van der Waals surface area (Å²) in [6.45, 7) is 0.647. The van der Waals surface area contributed by atoms with Crippen LogP contribution >= 0.6 is 0 Å². The summed E-state index contributed by atoms with van der Waals surface area (Å²) in [5.74, 6) is -1.48. The Morgan fingerprint density at radius 1 is 1.02 bits per heavy atom. The van der Waals surface area contributed by atoms with Crippen molar-refractivity contribution in [2.75, 3.05) is 26.1 Å². The van der Waals surface area contributed by atoms with Gasteiger partial charge in [-0.25, -0.2) is 9.59 Å². The Bertz CT molecular complexity index is 1410. The lowest BCUT2D eigenvalue weighted by Gasteiger charge is -2.42. The summed E-state index contributed by atoms with van der Waals surface area (Å²) >= 11 is 0. The summed E-state index contributed by atoms with van der Waals surface area (Å²) in [6, 6.07) is 10.1. The number of ether oxygens (including phenoxy) is 4. The highest BCUT2D eigenvalue weighted by Gasteiger charge is 2.46. The molecule has 13 heteroatoms. The molecule has 0 radical (unpaired) electrons. The van der Waals surface area contributed by atoms with Crippen LogP contribution in [0.4, 0.5) is 11.4 Å². The average molecular weight is 556 g/mol. The first-order chi connectivity index (χ1) is 19.2. The first-order valence-electron chi connectivity index (χ1n) is 12.2. The van der Waals surface area contributed by atoms with Gasteiger partial charge < -0.3 is 44.9 Å². The van der Waals surface area contributed by atoms with Crippen LogP contribution in [0.5, 0.6) is 5.75 Å². The molecular formula is C27H29N3O10. The number of benzene rings is 2. The van der Waals surface area contributed by atoms with Gasteiger partial charge in [-0.1, -0.05) is 6.07 Å². The molecule has 5 N–H and O–H groups in total. The minimum absolute atomic E-state index is 0.104. The lowest BCUT2D eigenvalue weighted by molar-refractivity contribution is -0.244. The zero-order chi connectivity index (χ0) is 29.0. The number of methoxy groups -OCH3 is 2. The maximum atomic E-state index is 12.6. The molecule has 13 nitrogen and oxygen atoms in total. The number of aliphatic hydroxyl groups excluding tert-OH is 3. The highest BCUT2D eigenvalue weighted by molar-refractivity contribution is 6.07. The number of carbonyl (C=O) groups excluding carboxylic acids is 3. The highest BCUT2D eigenvalue weighted by Crippen LogP contribution is 2.32. The molecule has 1 aliphatic rings. The van der Waals surface area contributed by atoms with Crippen molar-refractivity contribution in [2.45, 2.75) is 37.6 Å². The number of nitrogens with zero attached hydrogens (tertiary/aromatic N) is 1. The van der Waals surface area contributed by atoms with Gasteiger partial charge in [0.15, 0.2) is 0 Å². The lowest BCUT2D eigenvalue weighted by Crippen LogP contribution is -2.65. The van der Waals surface area contributed by atoms with Crippen molar-refractivity contribution in [1.29, 1.82) is 0 Å². The van der Waals surface area contributed by atoms with Gasteiger partial charge in [-0.3, -0.25) is 9.78 Å². The number of fused-ring (bicyclic) bond motifs is 1. The van der Waals surface area contributed by atoms with E-state index in [0.717, 1.165) is 0 Å². The maximum absolute atomic E-state index is 12.6. The molecule has 0 spiro atoms. The molecular weight excluding hydrogens is 526 g/mol. The van der Waals surface area contributed by atoms with E-state index in [9.17, 15) is 29.7 Å². The van der Waals surface area contributed by atoms with E-state index in [2.05, 4.69) is 15.6 Å². The summed E-state index contributed by atoms with van der Waals surface area (Å²) in [4.78, 5) is 40.8. The zero-order valence-corrected chi connectivity index (χ0v) is 21.9. The van der Waals surface area contributed by atoms with Crippen molar-refractivity contribution in [3.63, 3.8) is 0 Å². The standard InChI is InChI=1S/C27H29N3O10/c1-13(32)29-22-24(34)23(33)20(12-31)40-27(22)39-16-6-4-5-15(10-16)30-21-17-9-14(25(35)37-2)7-8-19(17)28-11-18(21)26(36)38-3/h4-11,20,22-24,27,31,33-34H,12H2,1-3H3,(H,28,30)(H,29,32)/t20-,22+,23+,24+,27-/m0/s1. The minimum Gasteiger partial charge on any atom is -0.465 e. The Hall–Kier alpha value is -4.30. The summed E-state index contributed by atoms with van der Waals surface area (Å²) in [5.41, 5.74) is 1.60. The number of aliphatic hydroxyl groups is 3. The number of esters is 2. The van der Waals surface area contributed by atoms with Gasteiger partial charge in [0, 0.05) is 30.3 Å². The lowest BCUT2D eigenvalue weighted by atomic mass is 9.97. The van der Waals surface area contributed by atoms with Gasteiger partial charge in [0.25, 0.3) is 0 Å². The van der Waals surface area contributed by atoms with Gasteiger partial charge in [0.2, 0.25) is 12.2 Å². The molecule has 0 aliphatic carbocycles. The second kappa shape index (κ2) is 12.3. The number of anilines is 2. The molecule has 212 valence electrons. The van der Waals surface area contributed by atoms with E-state index >= 15 is 0 Å². The fraction of sp³-hybridized carbons (Fsp3) is 0.333. The SMILES string of the molecule is COC(=O)c1ccc2ncc(C(=O)OC)c(Nc3cccc(O[C@H]4O[C@@H](CO)[C@@H](O)[C@H](O)[C@H]4NC(C)=O)c3)c2c1. The molecule has 3 aromatic rings. The van der Waals surface area contributed by atoms with Gasteiger partial charge in [0.05, 0.1) is 37.6 Å². The molecule has 5 atom stereocenters. The van der Waals surface area contributed by atoms with Crippen molar-refractivity contribution in [3.05, 3.63) is 59.8 Å². The first-order valence-corrected chi connectivity index (χ1v) is 12.2. The molecule has 1 fully saturated rings. The van der Waals surface area contributed by atoms with E-state index in [4.69, 9.17) is 18.9 Å². The van der Waals surface area contributed by atoms with Crippen LogP contribution in [0.1, 0.15) is 27.6 Å². The normalized spacial score (nSPS) is 22.3. The summed E-state index contributed by atoms with van der Waals surface area (Å²) in [7, 11) is 2.49. The largest absolute Gasteiger partial charge is 0.465 e. The van der Waals surface area contributed by atoms with E-state index < -0.39 is 55.1 Å². The van der Waals surface area contributed by atoms with E-state index in [-0.39, 0.29) is 16.9 Å². The predicted octanol–water partition coefficient (Wildman–Crippen LogP) is 0.874. The molecule has 0 unspecified atom stereocenters. The van der Waals surface area contributed by atoms with Gasteiger partial charge in [-0.05, 0) is 30.3 Å². The highest BCUT2D eigenvalue weighted by atomic mass is 16.7. The second-order valence-electron chi connectivity index (χ2n) is 8.97. The number of nitrogens with one attached hydrogen (secondary N) is 2. The molecule has 1 aromatic heterocycles. The average Bonchev–Trinajstić information content (AvgIpc) is 2.96. The molecule has 0 saturated carbocycles. The van der Waals surface area contributed by atoms with Crippen LogP contribution < -0.4 is 15.4 Å². The van der Waals surface area contributed by atoms with Crippen molar-refractivity contribution < 1.29 is 48.7 Å². The van der Waals surface area contributed by atoms with Gasteiger partial charge in [0.1, 0.15) is 35.7 Å². The van der Waals surface area contributed by atoms with Crippen LogP contribution in [0.15, 0.2) is 48.7 Å². The van der Waals surface area contributed by atoms with Crippen LogP contribution in [0.25, 0.3) is 10.9 Å². The van der Waals surface area contributed by atoms with Gasteiger partial charge in [-0.15, -0.1) is 0 Å². The molecule has 2 aromatic carbocycles. The second-order valence-corrected chi connectivity index (χ2v) is 8.97.